The van der Waals surface area contributed by atoms with E-state index >= 15 is 0 Å². The summed E-state index contributed by atoms with van der Waals surface area (Å²) < 4.78 is 44.9. The molecule has 2 aromatic rings. The van der Waals surface area contributed by atoms with Crippen molar-refractivity contribution in [3.63, 3.8) is 0 Å². The molecule has 1 aliphatic carbocycles. The van der Waals surface area contributed by atoms with Crippen LogP contribution >= 0.6 is 11.6 Å². The van der Waals surface area contributed by atoms with Crippen LogP contribution in [0.1, 0.15) is 70.6 Å². The van der Waals surface area contributed by atoms with E-state index < -0.39 is 22.5 Å². The number of halogens is 1. The second-order valence-corrected chi connectivity index (χ2v) is 12.0. The first kappa shape index (κ1) is 31.5. The van der Waals surface area contributed by atoms with Crippen molar-refractivity contribution in [1.82, 2.24) is 5.43 Å². The Morgan fingerprint density at radius 1 is 0.825 bits per heavy atom. The van der Waals surface area contributed by atoms with E-state index in [9.17, 15) is 13.2 Å². The summed E-state index contributed by atoms with van der Waals surface area (Å²) in [6, 6.07) is 8.82. The van der Waals surface area contributed by atoms with E-state index in [0.29, 0.717) is 5.75 Å². The van der Waals surface area contributed by atoms with Gasteiger partial charge < -0.3 is 14.2 Å². The Morgan fingerprint density at radius 2 is 1.38 bits per heavy atom. The molecule has 3 rings (SSSR count). The number of benzene rings is 2. The van der Waals surface area contributed by atoms with Crippen molar-refractivity contribution in [2.45, 2.75) is 75.5 Å². The van der Waals surface area contributed by atoms with Gasteiger partial charge in [0.25, 0.3) is 15.9 Å². The number of nitrogens with one attached hydrogen (secondary N) is 1. The maximum absolute atomic E-state index is 14.0. The zero-order valence-corrected chi connectivity index (χ0v) is 25.2. The van der Waals surface area contributed by atoms with Gasteiger partial charge in [-0.3, -0.25) is 9.10 Å². The monoisotopic (exact) mass is 593 g/mol. The third-order valence-electron chi connectivity index (χ3n) is 6.91. The molecule has 0 atom stereocenters. The van der Waals surface area contributed by atoms with Crippen LogP contribution in [0.15, 0.2) is 46.4 Å². The van der Waals surface area contributed by atoms with Crippen LogP contribution in [0.3, 0.4) is 0 Å². The zero-order valence-electron chi connectivity index (χ0n) is 23.6. The van der Waals surface area contributed by atoms with Crippen molar-refractivity contribution in [3.8, 4) is 17.2 Å². The van der Waals surface area contributed by atoms with Crippen molar-refractivity contribution in [1.29, 1.82) is 0 Å². The average Bonchev–Trinajstić information content (AvgIpc) is 2.95. The molecule has 0 radical (unpaired) electrons. The van der Waals surface area contributed by atoms with Crippen LogP contribution in [0, 0.1) is 0 Å². The largest absolute Gasteiger partial charge is 0.495 e. The minimum Gasteiger partial charge on any atom is -0.495 e. The van der Waals surface area contributed by atoms with Gasteiger partial charge in [-0.15, -0.1) is 0 Å². The number of hydrogen-bond donors (Lipinski definition) is 1. The lowest BCUT2D eigenvalue weighted by atomic mass is 10.00. The van der Waals surface area contributed by atoms with Gasteiger partial charge in [0.1, 0.15) is 12.3 Å². The lowest BCUT2D eigenvalue weighted by Crippen LogP contribution is -2.40. The summed E-state index contributed by atoms with van der Waals surface area (Å²) in [5, 5.41) is 4.71. The zero-order chi connectivity index (χ0) is 29.0. The van der Waals surface area contributed by atoms with Crippen LogP contribution in [-0.4, -0.2) is 47.9 Å². The predicted molar refractivity (Wildman–Crippen MR) is 158 cm³/mol. The van der Waals surface area contributed by atoms with Crippen molar-refractivity contribution >= 4 is 38.9 Å². The van der Waals surface area contributed by atoms with Crippen LogP contribution in [-0.2, 0) is 14.8 Å². The molecule has 0 bridgehead atoms. The third-order valence-corrected chi connectivity index (χ3v) is 8.90. The number of amides is 1. The smallest absolute Gasteiger partial charge is 0.265 e. The van der Waals surface area contributed by atoms with E-state index in [-0.39, 0.29) is 27.1 Å². The number of nitrogens with zero attached hydrogens (tertiary/aromatic N) is 2. The first-order valence-electron chi connectivity index (χ1n) is 13.7. The summed E-state index contributed by atoms with van der Waals surface area (Å²) >= 11 is 6.24. The lowest BCUT2D eigenvalue weighted by Gasteiger charge is -2.26. The molecule has 0 saturated heterocycles. The molecule has 0 aliphatic heterocycles. The average molecular weight is 594 g/mol. The number of anilines is 1. The minimum absolute atomic E-state index is 0.0920. The summed E-state index contributed by atoms with van der Waals surface area (Å²) in [7, 11) is 0.0232. The van der Waals surface area contributed by atoms with Gasteiger partial charge in [-0.1, -0.05) is 56.5 Å². The lowest BCUT2D eigenvalue weighted by molar-refractivity contribution is -0.119. The van der Waals surface area contributed by atoms with Crippen LogP contribution in [0.4, 0.5) is 5.69 Å². The highest BCUT2D eigenvalue weighted by molar-refractivity contribution is 7.92. The quantitative estimate of drug-likeness (QED) is 0.340. The van der Waals surface area contributed by atoms with Gasteiger partial charge in [0.2, 0.25) is 0 Å². The molecule has 1 N–H and O–H groups in total. The van der Waals surface area contributed by atoms with Crippen LogP contribution < -0.4 is 23.9 Å². The van der Waals surface area contributed by atoms with Gasteiger partial charge >= 0.3 is 0 Å². The molecule has 1 saturated carbocycles. The van der Waals surface area contributed by atoms with Crippen molar-refractivity contribution < 1.29 is 27.4 Å². The van der Waals surface area contributed by atoms with Crippen LogP contribution in [0.2, 0.25) is 5.02 Å². The Labute approximate surface area is 242 Å². The number of ether oxygens (including phenoxy) is 3. The van der Waals surface area contributed by atoms with Gasteiger partial charge in [0, 0.05) is 16.8 Å². The van der Waals surface area contributed by atoms with E-state index in [1.165, 1.54) is 77.7 Å². The first-order valence-corrected chi connectivity index (χ1v) is 15.5. The highest BCUT2D eigenvalue weighted by Gasteiger charge is 2.30. The highest BCUT2D eigenvalue weighted by Crippen LogP contribution is 2.37. The number of carbonyl (C=O) groups is 1. The SMILES string of the molecule is COc1ccc(S(=O)(=O)N(CC(=O)NN=C2CCCCCCCCCCC2)c2cc(Cl)ccc2OC)cc1OC. The number of hydrazone groups is 1. The third kappa shape index (κ3) is 8.76. The van der Waals surface area contributed by atoms with E-state index in [1.807, 2.05) is 0 Å². The maximum Gasteiger partial charge on any atom is 0.265 e. The van der Waals surface area contributed by atoms with Crippen molar-refractivity contribution in [2.24, 2.45) is 5.10 Å². The molecule has 220 valence electrons. The molecule has 1 amide bonds. The fraction of sp³-hybridized carbons (Fsp3) is 0.517. The summed E-state index contributed by atoms with van der Waals surface area (Å²) in [6.45, 7) is -0.538. The second-order valence-electron chi connectivity index (χ2n) is 9.74. The van der Waals surface area contributed by atoms with Gasteiger partial charge in [0.05, 0.1) is 31.9 Å². The fourth-order valence-corrected chi connectivity index (χ4v) is 6.31. The molecule has 2 aromatic carbocycles. The number of carbonyl (C=O) groups excluding carboxylic acids is 1. The fourth-order valence-electron chi connectivity index (χ4n) is 4.70. The predicted octanol–water partition coefficient (Wildman–Crippen LogP) is 6.34. The first-order chi connectivity index (χ1) is 19.3. The van der Waals surface area contributed by atoms with E-state index in [2.05, 4.69) is 10.5 Å². The van der Waals surface area contributed by atoms with Crippen LogP contribution in [0.5, 0.6) is 17.2 Å². The Balaban J connectivity index is 1.90. The van der Waals surface area contributed by atoms with Crippen LogP contribution in [0.25, 0.3) is 0 Å². The van der Waals surface area contributed by atoms with Crippen molar-refractivity contribution in [3.05, 3.63) is 41.4 Å². The normalized spacial score (nSPS) is 15.2. The molecule has 11 heteroatoms. The molecular weight excluding hydrogens is 554 g/mol. The Hall–Kier alpha value is -2.98. The van der Waals surface area contributed by atoms with Crippen molar-refractivity contribution in [2.75, 3.05) is 32.2 Å². The Morgan fingerprint density at radius 3 is 1.95 bits per heavy atom. The highest BCUT2D eigenvalue weighted by atomic mass is 35.5. The molecular formula is C29H40ClN3O6S. The number of rotatable bonds is 9. The molecule has 40 heavy (non-hydrogen) atoms. The van der Waals surface area contributed by atoms with Gasteiger partial charge in [-0.25, -0.2) is 13.8 Å². The number of methoxy groups -OCH3 is 3. The maximum atomic E-state index is 14.0. The summed E-state index contributed by atoms with van der Waals surface area (Å²) in [5.41, 5.74) is 3.66. The Bertz CT molecular complexity index is 1250. The molecule has 0 spiro atoms. The minimum atomic E-state index is -4.28. The van der Waals surface area contributed by atoms with E-state index in [0.717, 1.165) is 48.5 Å². The topological polar surface area (TPSA) is 107 Å². The number of hydrogen-bond acceptors (Lipinski definition) is 7. The van der Waals surface area contributed by atoms with E-state index in [1.54, 1.807) is 12.1 Å². The molecule has 0 unspecified atom stereocenters. The summed E-state index contributed by atoms with van der Waals surface area (Å²) in [5.74, 6) is 0.274. The van der Waals surface area contributed by atoms with E-state index in [4.69, 9.17) is 25.8 Å². The molecule has 9 nitrogen and oxygen atoms in total. The molecule has 1 fully saturated rings. The number of sulfonamides is 1. The second kappa shape index (κ2) is 15.7. The Kier molecular flexibility index (Phi) is 12.4. The summed E-state index contributed by atoms with van der Waals surface area (Å²) in [4.78, 5) is 13.1. The molecule has 0 heterocycles. The van der Waals surface area contributed by atoms with Gasteiger partial charge in [-0.2, -0.15) is 5.10 Å². The standard InChI is InChI=1S/C29H40ClN3O6S/c1-37-26-17-15-22(30)19-25(26)33(40(35,36)24-16-18-27(38-2)28(20-24)39-3)21-29(34)32-31-23-13-11-9-7-5-4-6-8-10-12-14-23/h15-20H,4-14,21H2,1-3H3,(H,32,34). The molecule has 1 aliphatic rings. The summed E-state index contributed by atoms with van der Waals surface area (Å²) in [6.07, 6.45) is 12.2. The van der Waals surface area contributed by atoms with Gasteiger partial charge in [0.15, 0.2) is 11.5 Å². The van der Waals surface area contributed by atoms with Gasteiger partial charge in [-0.05, 0) is 56.0 Å². The molecule has 0 aromatic heterocycles.